The van der Waals surface area contributed by atoms with Crippen molar-refractivity contribution in [2.45, 2.75) is 44.9 Å². The van der Waals surface area contributed by atoms with Crippen molar-refractivity contribution < 1.29 is 27.6 Å². The van der Waals surface area contributed by atoms with E-state index in [4.69, 9.17) is 11.6 Å². The second kappa shape index (κ2) is 8.64. The summed E-state index contributed by atoms with van der Waals surface area (Å²) >= 11 is 6.28. The zero-order chi connectivity index (χ0) is 28.8. The third-order valence-corrected chi connectivity index (χ3v) is 8.61. The van der Waals surface area contributed by atoms with Gasteiger partial charge in [-0.2, -0.15) is 13.2 Å². The van der Waals surface area contributed by atoms with E-state index in [1.54, 1.807) is 75.4 Å². The van der Waals surface area contributed by atoms with Gasteiger partial charge in [0, 0.05) is 33.2 Å². The average molecular weight is 564 g/mol. The smallest absolute Gasteiger partial charge is 0.352 e. The summed E-state index contributed by atoms with van der Waals surface area (Å²) in [5.74, 6) is -2.14. The standard InChI is InChI=1S/C32H25ClF3NO3/c1-30(2,3)29(40)26-25(17-8-11-19(12-9-17)32(34,35)36)31(27(38)21-6-4-5-7-22(21)28(31)39)24-15-10-18-16-20(33)13-14-23(18)37(24)26/h4-16,24-26H,1-3H3/t24-,25+,26+/m1/s1. The monoisotopic (exact) mass is 563 g/mol. The van der Waals surface area contributed by atoms with Crippen LogP contribution in [-0.4, -0.2) is 29.4 Å². The minimum Gasteiger partial charge on any atom is -0.352 e. The van der Waals surface area contributed by atoms with Crippen molar-refractivity contribution in [3.05, 3.63) is 106 Å². The molecule has 3 aliphatic rings. The van der Waals surface area contributed by atoms with Crippen molar-refractivity contribution in [2.24, 2.45) is 10.8 Å². The lowest BCUT2D eigenvalue weighted by Gasteiger charge is -2.38. The molecule has 0 unspecified atom stereocenters. The zero-order valence-corrected chi connectivity index (χ0v) is 22.7. The Kier molecular flexibility index (Phi) is 5.73. The Morgan fingerprint density at radius 2 is 1.50 bits per heavy atom. The second-order valence-corrected chi connectivity index (χ2v) is 12.1. The fourth-order valence-electron chi connectivity index (χ4n) is 6.64. The highest BCUT2D eigenvalue weighted by molar-refractivity contribution is 6.32. The molecule has 4 nitrogen and oxygen atoms in total. The summed E-state index contributed by atoms with van der Waals surface area (Å²) in [5, 5.41) is 0.481. The quantitative estimate of drug-likeness (QED) is 0.305. The number of benzene rings is 3. The molecule has 40 heavy (non-hydrogen) atoms. The highest BCUT2D eigenvalue weighted by Crippen LogP contribution is 2.61. The van der Waals surface area contributed by atoms with Gasteiger partial charge in [0.1, 0.15) is 5.41 Å². The Hall–Kier alpha value is -3.71. The zero-order valence-electron chi connectivity index (χ0n) is 21.9. The maximum absolute atomic E-state index is 14.5. The number of carbonyl (C=O) groups is 3. The van der Waals surface area contributed by atoms with E-state index >= 15 is 0 Å². The molecule has 0 bridgehead atoms. The number of carbonyl (C=O) groups excluding carboxylic acids is 3. The Morgan fingerprint density at radius 1 is 0.900 bits per heavy atom. The lowest BCUT2D eigenvalue weighted by molar-refractivity contribution is -0.137. The molecule has 1 spiro atoms. The first-order chi connectivity index (χ1) is 18.8. The fraction of sp³-hybridized carbons (Fsp3) is 0.281. The van der Waals surface area contributed by atoms with Crippen molar-refractivity contribution in [3.8, 4) is 0 Å². The molecule has 0 amide bonds. The maximum atomic E-state index is 14.5. The molecule has 3 aromatic carbocycles. The van der Waals surface area contributed by atoms with Gasteiger partial charge < -0.3 is 4.90 Å². The first kappa shape index (κ1) is 26.5. The van der Waals surface area contributed by atoms with Gasteiger partial charge in [0.05, 0.1) is 17.6 Å². The van der Waals surface area contributed by atoms with Gasteiger partial charge in [-0.25, -0.2) is 0 Å². The minimum absolute atomic E-state index is 0.230. The van der Waals surface area contributed by atoms with Crippen molar-refractivity contribution in [1.29, 1.82) is 0 Å². The van der Waals surface area contributed by atoms with Crippen LogP contribution in [0.2, 0.25) is 5.02 Å². The van der Waals surface area contributed by atoms with Gasteiger partial charge in [-0.3, -0.25) is 14.4 Å². The SMILES string of the molecule is CC(C)(C)C(=O)[C@@H]1[C@H](c2ccc(C(F)(F)F)cc2)C2(C(=O)c3ccccc3C2=O)[C@H]2C=Cc3cc(Cl)ccc3N12. The van der Waals surface area contributed by atoms with Gasteiger partial charge in [-0.15, -0.1) is 0 Å². The molecule has 1 saturated heterocycles. The summed E-state index contributed by atoms with van der Waals surface area (Å²) in [7, 11) is 0. The molecule has 1 fully saturated rings. The Bertz CT molecular complexity index is 1580. The first-order valence-corrected chi connectivity index (χ1v) is 13.3. The fourth-order valence-corrected chi connectivity index (χ4v) is 6.82. The highest BCUT2D eigenvalue weighted by atomic mass is 35.5. The van der Waals surface area contributed by atoms with Gasteiger partial charge in [0.25, 0.3) is 0 Å². The molecule has 0 saturated carbocycles. The van der Waals surface area contributed by atoms with Crippen LogP contribution in [0.1, 0.15) is 64.1 Å². The molecule has 0 radical (unpaired) electrons. The summed E-state index contributed by atoms with van der Waals surface area (Å²) in [6.07, 6.45) is -1.02. The molecule has 8 heteroatoms. The van der Waals surface area contributed by atoms with E-state index in [1.165, 1.54) is 12.1 Å². The van der Waals surface area contributed by atoms with E-state index in [2.05, 4.69) is 0 Å². The third kappa shape index (κ3) is 3.56. The molecule has 1 aliphatic carbocycles. The van der Waals surface area contributed by atoms with Crippen molar-refractivity contribution >= 4 is 40.7 Å². The van der Waals surface area contributed by atoms with Gasteiger partial charge in [0.2, 0.25) is 0 Å². The lowest BCUT2D eigenvalue weighted by atomic mass is 9.63. The number of hydrogen-bond donors (Lipinski definition) is 0. The molecule has 0 N–H and O–H groups in total. The molecular formula is C32H25ClF3NO3. The highest BCUT2D eigenvalue weighted by Gasteiger charge is 2.71. The first-order valence-electron chi connectivity index (χ1n) is 12.9. The molecule has 6 rings (SSSR count). The molecule has 3 atom stereocenters. The third-order valence-electron chi connectivity index (χ3n) is 8.37. The van der Waals surface area contributed by atoms with E-state index in [0.29, 0.717) is 21.8 Å². The van der Waals surface area contributed by atoms with Crippen molar-refractivity contribution in [2.75, 3.05) is 4.90 Å². The number of hydrogen-bond acceptors (Lipinski definition) is 4. The number of Topliss-reactive ketones (excluding diaryl/α,β-unsaturated/α-hetero) is 3. The molecule has 204 valence electrons. The van der Waals surface area contributed by atoms with Gasteiger partial charge in [0.15, 0.2) is 17.3 Å². The van der Waals surface area contributed by atoms with Crippen LogP contribution in [0.25, 0.3) is 6.08 Å². The lowest BCUT2D eigenvalue weighted by Crippen LogP contribution is -2.49. The van der Waals surface area contributed by atoms with Gasteiger partial charge in [-0.05, 0) is 41.5 Å². The van der Waals surface area contributed by atoms with Crippen molar-refractivity contribution in [1.82, 2.24) is 0 Å². The van der Waals surface area contributed by atoms with Crippen LogP contribution in [-0.2, 0) is 11.0 Å². The normalized spacial score (nSPS) is 22.9. The molecular weight excluding hydrogens is 539 g/mol. The largest absolute Gasteiger partial charge is 0.416 e. The topological polar surface area (TPSA) is 54.5 Å². The van der Waals surface area contributed by atoms with Crippen LogP contribution in [0.5, 0.6) is 0 Å². The predicted molar refractivity (Wildman–Crippen MR) is 147 cm³/mol. The van der Waals surface area contributed by atoms with Crippen molar-refractivity contribution in [3.63, 3.8) is 0 Å². The summed E-state index contributed by atoms with van der Waals surface area (Å²) in [6.45, 7) is 5.28. The number of rotatable bonds is 2. The van der Waals surface area contributed by atoms with Crippen LogP contribution in [0.4, 0.5) is 18.9 Å². The number of anilines is 1. The summed E-state index contributed by atoms with van der Waals surface area (Å²) in [6, 6.07) is 14.3. The molecule has 2 heterocycles. The van der Waals surface area contributed by atoms with Crippen LogP contribution >= 0.6 is 11.6 Å². The van der Waals surface area contributed by atoms with Crippen LogP contribution in [0.15, 0.2) is 72.8 Å². The number of alkyl halides is 3. The molecule has 3 aromatic rings. The minimum atomic E-state index is -4.57. The van der Waals surface area contributed by atoms with Crippen LogP contribution < -0.4 is 4.90 Å². The summed E-state index contributed by atoms with van der Waals surface area (Å²) < 4.78 is 40.5. The van der Waals surface area contributed by atoms with E-state index in [0.717, 1.165) is 12.1 Å². The maximum Gasteiger partial charge on any atom is 0.416 e. The van der Waals surface area contributed by atoms with E-state index in [9.17, 15) is 27.6 Å². The Morgan fingerprint density at radius 3 is 2.05 bits per heavy atom. The number of ketones is 3. The van der Waals surface area contributed by atoms with Crippen LogP contribution in [0, 0.1) is 10.8 Å². The van der Waals surface area contributed by atoms with E-state index in [1.807, 2.05) is 4.90 Å². The van der Waals surface area contributed by atoms with E-state index in [-0.39, 0.29) is 16.9 Å². The van der Waals surface area contributed by atoms with Crippen LogP contribution in [0.3, 0.4) is 0 Å². The number of fused-ring (bicyclic) bond motifs is 5. The molecule has 2 aliphatic heterocycles. The summed E-state index contributed by atoms with van der Waals surface area (Å²) in [5.41, 5.74) is -1.33. The Balaban J connectivity index is 1.67. The molecule has 0 aromatic heterocycles. The van der Waals surface area contributed by atoms with Gasteiger partial charge in [-0.1, -0.05) is 80.9 Å². The average Bonchev–Trinajstić information content (AvgIpc) is 3.33. The summed E-state index contributed by atoms with van der Waals surface area (Å²) in [4.78, 5) is 45.1. The Labute approximate surface area is 234 Å². The number of halogens is 4. The van der Waals surface area contributed by atoms with E-state index < -0.39 is 52.1 Å². The number of nitrogens with zero attached hydrogens (tertiary/aromatic N) is 1. The van der Waals surface area contributed by atoms with Gasteiger partial charge >= 0.3 is 6.18 Å². The predicted octanol–water partition coefficient (Wildman–Crippen LogP) is 7.41. The second-order valence-electron chi connectivity index (χ2n) is 11.6.